The first-order valence-electron chi connectivity index (χ1n) is 7.22. The van der Waals surface area contributed by atoms with Crippen LogP contribution < -0.4 is 4.72 Å². The van der Waals surface area contributed by atoms with Gasteiger partial charge in [-0.2, -0.15) is 0 Å². The summed E-state index contributed by atoms with van der Waals surface area (Å²) in [6.07, 6.45) is 1.77. The van der Waals surface area contributed by atoms with Crippen LogP contribution in [0, 0.1) is 11.3 Å². The fraction of sp³-hybridized carbons (Fsp3) is 0.714. The van der Waals surface area contributed by atoms with Crippen molar-refractivity contribution in [3.8, 4) is 0 Å². The van der Waals surface area contributed by atoms with Gasteiger partial charge in [-0.25, -0.2) is 13.4 Å². The Hall–Kier alpha value is -1.15. The van der Waals surface area contributed by atoms with Crippen molar-refractivity contribution in [1.82, 2.24) is 9.88 Å². The Morgan fingerprint density at radius 2 is 2.05 bits per heavy atom. The molecule has 1 aliphatic heterocycles. The van der Waals surface area contributed by atoms with Crippen molar-refractivity contribution in [2.24, 2.45) is 11.3 Å². The van der Waals surface area contributed by atoms with Crippen LogP contribution in [0.1, 0.15) is 38.3 Å². The summed E-state index contributed by atoms with van der Waals surface area (Å²) in [5, 5.41) is 0.380. The number of nitrogens with one attached hydrogen (secondary N) is 1. The third kappa shape index (κ3) is 3.98. The average molecular weight is 345 g/mol. The van der Waals surface area contributed by atoms with Crippen LogP contribution >= 0.6 is 11.3 Å². The molecular formula is C14H23N3O3S2. The van der Waals surface area contributed by atoms with Gasteiger partial charge in [0, 0.05) is 23.8 Å². The predicted octanol–water partition coefficient (Wildman–Crippen LogP) is 2.08. The molecule has 8 heteroatoms. The molecule has 2 heterocycles. The minimum Gasteiger partial charge on any atom is -0.337 e. The van der Waals surface area contributed by atoms with E-state index in [9.17, 15) is 13.2 Å². The fourth-order valence-electron chi connectivity index (χ4n) is 2.23. The van der Waals surface area contributed by atoms with E-state index >= 15 is 0 Å². The quantitative estimate of drug-likeness (QED) is 0.909. The summed E-state index contributed by atoms with van der Waals surface area (Å²) in [5.74, 6) is 0.0831. The zero-order chi connectivity index (χ0) is 16.7. The molecule has 0 aliphatic carbocycles. The first-order chi connectivity index (χ1) is 9.97. The number of hydrogen-bond donors (Lipinski definition) is 1. The highest BCUT2D eigenvalue weighted by Gasteiger charge is 2.33. The number of nitrogens with zero attached hydrogens (tertiary/aromatic N) is 2. The van der Waals surface area contributed by atoms with Crippen LogP contribution in [0.15, 0.2) is 0 Å². The Morgan fingerprint density at radius 3 is 2.59 bits per heavy atom. The van der Waals surface area contributed by atoms with Gasteiger partial charge in [0.25, 0.3) is 0 Å². The van der Waals surface area contributed by atoms with Crippen molar-refractivity contribution < 1.29 is 13.2 Å². The molecule has 22 heavy (non-hydrogen) atoms. The molecule has 1 aliphatic rings. The van der Waals surface area contributed by atoms with Gasteiger partial charge in [0.15, 0.2) is 5.13 Å². The Morgan fingerprint density at radius 1 is 1.41 bits per heavy atom. The van der Waals surface area contributed by atoms with E-state index in [4.69, 9.17) is 0 Å². The third-order valence-corrected chi connectivity index (χ3v) is 5.68. The molecule has 1 amide bonds. The van der Waals surface area contributed by atoms with Gasteiger partial charge in [-0.3, -0.25) is 9.52 Å². The minimum atomic E-state index is -3.32. The van der Waals surface area contributed by atoms with Gasteiger partial charge < -0.3 is 4.90 Å². The molecule has 2 rings (SSSR count). The molecule has 0 fully saturated rings. The molecule has 0 spiro atoms. The minimum absolute atomic E-state index is 0.0596. The maximum Gasteiger partial charge on any atom is 0.231 e. The molecule has 1 atom stereocenters. The second-order valence-electron chi connectivity index (χ2n) is 6.86. The Kier molecular flexibility index (Phi) is 4.54. The van der Waals surface area contributed by atoms with E-state index in [2.05, 4.69) is 30.5 Å². The maximum atomic E-state index is 12.6. The maximum absolute atomic E-state index is 12.6. The van der Waals surface area contributed by atoms with E-state index in [1.165, 1.54) is 11.3 Å². The summed E-state index contributed by atoms with van der Waals surface area (Å²) in [5.41, 5.74) is 0.817. The van der Waals surface area contributed by atoms with Crippen molar-refractivity contribution in [1.29, 1.82) is 0 Å². The van der Waals surface area contributed by atoms with E-state index in [0.717, 1.165) is 16.8 Å². The zero-order valence-electron chi connectivity index (χ0n) is 13.6. The normalized spacial score (nSPS) is 17.0. The van der Waals surface area contributed by atoms with Gasteiger partial charge in [-0.05, 0) is 5.41 Å². The van der Waals surface area contributed by atoms with Crippen LogP contribution in [0.5, 0.6) is 0 Å². The van der Waals surface area contributed by atoms with Crippen LogP contribution in [0.3, 0.4) is 0 Å². The Balaban J connectivity index is 2.13. The van der Waals surface area contributed by atoms with Crippen molar-refractivity contribution in [2.45, 2.75) is 40.7 Å². The van der Waals surface area contributed by atoms with Gasteiger partial charge in [0.1, 0.15) is 0 Å². The predicted molar refractivity (Wildman–Crippen MR) is 88.3 cm³/mol. The van der Waals surface area contributed by atoms with Gasteiger partial charge in [-0.1, -0.05) is 39.0 Å². The molecule has 0 saturated carbocycles. The van der Waals surface area contributed by atoms with Gasteiger partial charge in [0.2, 0.25) is 15.9 Å². The van der Waals surface area contributed by atoms with Crippen LogP contribution in [0.2, 0.25) is 0 Å². The number of carbonyl (C=O) groups is 1. The number of anilines is 1. The summed E-state index contributed by atoms with van der Waals surface area (Å²) >= 11 is 1.31. The molecule has 0 aromatic carbocycles. The number of aromatic nitrogens is 1. The molecule has 0 saturated heterocycles. The average Bonchev–Trinajstić information content (AvgIpc) is 2.74. The summed E-state index contributed by atoms with van der Waals surface area (Å²) in [6, 6.07) is 0. The molecule has 1 unspecified atom stereocenters. The topological polar surface area (TPSA) is 79.4 Å². The number of thiazole rings is 1. The van der Waals surface area contributed by atoms with E-state index in [1.807, 2.05) is 11.8 Å². The van der Waals surface area contributed by atoms with E-state index in [0.29, 0.717) is 24.6 Å². The second-order valence-corrected chi connectivity index (χ2v) is 9.69. The Labute approximate surface area is 136 Å². The molecule has 0 bridgehead atoms. The lowest BCUT2D eigenvalue weighted by Crippen LogP contribution is -2.42. The molecule has 1 aromatic rings. The van der Waals surface area contributed by atoms with Gasteiger partial charge in [0.05, 0.1) is 18.5 Å². The number of amides is 1. The van der Waals surface area contributed by atoms with Crippen molar-refractivity contribution in [3.63, 3.8) is 0 Å². The summed E-state index contributed by atoms with van der Waals surface area (Å²) < 4.78 is 25.0. The first-order valence-corrected chi connectivity index (χ1v) is 9.93. The SMILES string of the molecule is CC(C(=O)N1CCc2nc(NS(C)(=O)=O)sc2C1)C(C)(C)C. The van der Waals surface area contributed by atoms with E-state index < -0.39 is 10.0 Å². The molecule has 124 valence electrons. The van der Waals surface area contributed by atoms with E-state index in [-0.39, 0.29) is 17.2 Å². The Bertz CT molecular complexity index is 674. The third-order valence-electron chi connectivity index (χ3n) is 3.99. The number of rotatable bonds is 3. The zero-order valence-corrected chi connectivity index (χ0v) is 15.3. The van der Waals surface area contributed by atoms with Crippen LogP contribution in [0.25, 0.3) is 0 Å². The lowest BCUT2D eigenvalue weighted by Gasteiger charge is -2.33. The van der Waals surface area contributed by atoms with Crippen LogP contribution in [-0.4, -0.2) is 37.0 Å². The largest absolute Gasteiger partial charge is 0.337 e. The summed E-state index contributed by atoms with van der Waals surface area (Å²) in [6.45, 7) is 9.29. The molecule has 1 N–H and O–H groups in total. The number of hydrogen-bond acceptors (Lipinski definition) is 5. The second kappa shape index (κ2) is 5.81. The highest BCUT2D eigenvalue weighted by atomic mass is 32.2. The molecular weight excluding hydrogens is 322 g/mol. The van der Waals surface area contributed by atoms with Crippen LogP contribution in [0.4, 0.5) is 5.13 Å². The van der Waals surface area contributed by atoms with E-state index in [1.54, 1.807) is 0 Å². The molecule has 6 nitrogen and oxygen atoms in total. The lowest BCUT2D eigenvalue weighted by atomic mass is 9.81. The lowest BCUT2D eigenvalue weighted by molar-refractivity contribution is -0.139. The molecule has 0 radical (unpaired) electrons. The number of fused-ring (bicyclic) bond motifs is 1. The standard InChI is InChI=1S/C14H23N3O3S2/c1-9(14(2,3)4)12(18)17-7-6-10-11(8-17)21-13(15-10)16-22(5,19)20/h9H,6-8H2,1-5H3,(H,15,16). The van der Waals surface area contributed by atoms with Crippen molar-refractivity contribution in [2.75, 3.05) is 17.5 Å². The van der Waals surface area contributed by atoms with Gasteiger partial charge >= 0.3 is 0 Å². The molecule has 1 aromatic heterocycles. The number of sulfonamides is 1. The summed E-state index contributed by atoms with van der Waals surface area (Å²) in [4.78, 5) is 19.7. The first kappa shape index (κ1) is 17.2. The number of carbonyl (C=O) groups excluding carboxylic acids is 1. The highest BCUT2D eigenvalue weighted by molar-refractivity contribution is 7.92. The summed E-state index contributed by atoms with van der Waals surface area (Å²) in [7, 11) is -3.32. The monoisotopic (exact) mass is 345 g/mol. The van der Waals surface area contributed by atoms with Crippen LogP contribution in [-0.2, 0) is 27.8 Å². The van der Waals surface area contributed by atoms with Crippen molar-refractivity contribution in [3.05, 3.63) is 10.6 Å². The fourth-order valence-corrected chi connectivity index (χ4v) is 4.09. The highest BCUT2D eigenvalue weighted by Crippen LogP contribution is 2.32. The van der Waals surface area contributed by atoms with Gasteiger partial charge in [-0.15, -0.1) is 0 Å². The smallest absolute Gasteiger partial charge is 0.231 e. The van der Waals surface area contributed by atoms with Crippen molar-refractivity contribution >= 4 is 32.4 Å².